The van der Waals surface area contributed by atoms with E-state index in [0.29, 0.717) is 18.5 Å². The van der Waals surface area contributed by atoms with Gasteiger partial charge in [-0.15, -0.1) is 0 Å². The molecule has 0 fully saturated rings. The van der Waals surface area contributed by atoms with Crippen LogP contribution in [0.4, 0.5) is 0 Å². The number of carboxylic acids is 1. The number of imidazole rings is 1. The molecule has 0 saturated heterocycles. The van der Waals surface area contributed by atoms with Crippen LogP contribution in [0.5, 0.6) is 0 Å². The minimum absolute atomic E-state index is 0.0988. The molecule has 0 aliphatic rings. The molecule has 1 amide bonds. The van der Waals surface area contributed by atoms with Crippen LogP contribution in [0.2, 0.25) is 0 Å². The molecule has 1 heterocycles. The maximum atomic E-state index is 11.9. The fourth-order valence-corrected chi connectivity index (χ4v) is 1.82. The van der Waals surface area contributed by atoms with Gasteiger partial charge in [-0.25, -0.2) is 9.78 Å². The van der Waals surface area contributed by atoms with Crippen molar-refractivity contribution in [1.29, 1.82) is 0 Å². The average molecular weight is 273 g/mol. The Bertz CT molecular complexity index is 634. The lowest BCUT2D eigenvalue weighted by Gasteiger charge is -2.06. The Kier molecular flexibility index (Phi) is 4.14. The van der Waals surface area contributed by atoms with Gasteiger partial charge in [-0.3, -0.25) is 4.79 Å². The molecular weight excluding hydrogens is 258 g/mol. The van der Waals surface area contributed by atoms with E-state index in [2.05, 4.69) is 10.3 Å². The van der Waals surface area contributed by atoms with Gasteiger partial charge in [0.05, 0.1) is 5.56 Å². The zero-order chi connectivity index (χ0) is 14.5. The number of hydrogen-bond acceptors (Lipinski definition) is 3. The van der Waals surface area contributed by atoms with Gasteiger partial charge >= 0.3 is 5.97 Å². The number of rotatable bonds is 5. The largest absolute Gasteiger partial charge is 0.478 e. The number of benzene rings is 1. The molecule has 0 aliphatic heterocycles. The predicted molar refractivity (Wildman–Crippen MR) is 72.6 cm³/mol. The summed E-state index contributed by atoms with van der Waals surface area (Å²) in [5.74, 6) is -0.459. The first kappa shape index (κ1) is 13.8. The molecule has 6 heteroatoms. The lowest BCUT2D eigenvalue weighted by atomic mass is 10.1. The van der Waals surface area contributed by atoms with Gasteiger partial charge in [0.1, 0.15) is 5.82 Å². The van der Waals surface area contributed by atoms with Crippen LogP contribution in [0.15, 0.2) is 36.7 Å². The third-order valence-corrected chi connectivity index (χ3v) is 2.93. The molecular formula is C14H15N3O3. The van der Waals surface area contributed by atoms with Crippen molar-refractivity contribution < 1.29 is 14.7 Å². The molecule has 0 unspecified atom stereocenters. The zero-order valence-electron chi connectivity index (χ0n) is 11.0. The van der Waals surface area contributed by atoms with Gasteiger partial charge in [-0.1, -0.05) is 6.07 Å². The molecule has 20 heavy (non-hydrogen) atoms. The van der Waals surface area contributed by atoms with E-state index in [9.17, 15) is 9.59 Å². The third kappa shape index (κ3) is 3.23. The van der Waals surface area contributed by atoms with Gasteiger partial charge in [-0.2, -0.15) is 0 Å². The van der Waals surface area contributed by atoms with Crippen molar-refractivity contribution in [3.05, 3.63) is 53.6 Å². The number of amides is 1. The maximum absolute atomic E-state index is 11.9. The summed E-state index contributed by atoms with van der Waals surface area (Å²) >= 11 is 0. The van der Waals surface area contributed by atoms with Crippen molar-refractivity contribution in [1.82, 2.24) is 14.9 Å². The normalized spacial score (nSPS) is 10.2. The second kappa shape index (κ2) is 6.01. The van der Waals surface area contributed by atoms with E-state index in [4.69, 9.17) is 5.11 Å². The molecule has 6 nitrogen and oxygen atoms in total. The number of aromatic nitrogens is 2. The summed E-state index contributed by atoms with van der Waals surface area (Å²) in [5.41, 5.74) is 0.437. The minimum Gasteiger partial charge on any atom is -0.478 e. The number of aromatic carboxylic acids is 1. The summed E-state index contributed by atoms with van der Waals surface area (Å²) < 4.78 is 1.89. The maximum Gasteiger partial charge on any atom is 0.335 e. The Morgan fingerprint density at radius 1 is 1.35 bits per heavy atom. The van der Waals surface area contributed by atoms with E-state index >= 15 is 0 Å². The molecule has 104 valence electrons. The Morgan fingerprint density at radius 3 is 2.75 bits per heavy atom. The third-order valence-electron chi connectivity index (χ3n) is 2.93. The molecule has 1 aromatic heterocycles. The molecule has 0 aliphatic carbocycles. The van der Waals surface area contributed by atoms with Crippen LogP contribution in [0.1, 0.15) is 26.5 Å². The molecule has 1 aromatic carbocycles. The molecule has 2 aromatic rings. The minimum atomic E-state index is -1.05. The van der Waals surface area contributed by atoms with Crippen LogP contribution in [-0.2, 0) is 13.5 Å². The Balaban J connectivity index is 1.93. The van der Waals surface area contributed by atoms with Crippen LogP contribution in [-0.4, -0.2) is 33.1 Å². The highest BCUT2D eigenvalue weighted by molar-refractivity contribution is 5.97. The van der Waals surface area contributed by atoms with Gasteiger partial charge in [0, 0.05) is 38.0 Å². The summed E-state index contributed by atoms with van der Waals surface area (Å²) in [7, 11) is 1.89. The highest BCUT2D eigenvalue weighted by atomic mass is 16.4. The number of aryl methyl sites for hydroxylation is 1. The van der Waals surface area contributed by atoms with Crippen LogP contribution in [0, 0.1) is 0 Å². The topological polar surface area (TPSA) is 84.2 Å². The van der Waals surface area contributed by atoms with Gasteiger partial charge < -0.3 is 15.0 Å². The van der Waals surface area contributed by atoms with Crippen molar-refractivity contribution in [2.24, 2.45) is 7.05 Å². The molecule has 0 atom stereocenters. The number of carboxylic acid groups (broad SMARTS) is 1. The van der Waals surface area contributed by atoms with Crippen molar-refractivity contribution >= 4 is 11.9 Å². The van der Waals surface area contributed by atoms with Crippen molar-refractivity contribution in [2.45, 2.75) is 6.42 Å². The van der Waals surface area contributed by atoms with E-state index in [1.54, 1.807) is 18.3 Å². The van der Waals surface area contributed by atoms with Gasteiger partial charge in [0.2, 0.25) is 0 Å². The fourth-order valence-electron chi connectivity index (χ4n) is 1.82. The van der Waals surface area contributed by atoms with Crippen molar-refractivity contribution in [3.8, 4) is 0 Å². The molecule has 0 saturated carbocycles. The molecule has 2 N–H and O–H groups in total. The standard InChI is InChI=1S/C14H15N3O3/c1-17-8-7-15-12(17)5-6-16-13(18)10-3-2-4-11(9-10)14(19)20/h2-4,7-9H,5-6H2,1H3,(H,16,18)(H,19,20). The van der Waals surface area contributed by atoms with Crippen molar-refractivity contribution in [2.75, 3.05) is 6.54 Å². The zero-order valence-corrected chi connectivity index (χ0v) is 11.0. The lowest BCUT2D eigenvalue weighted by Crippen LogP contribution is -2.26. The van der Waals surface area contributed by atoms with E-state index in [1.165, 1.54) is 12.1 Å². The highest BCUT2D eigenvalue weighted by Crippen LogP contribution is 2.05. The molecule has 2 rings (SSSR count). The number of nitrogens with one attached hydrogen (secondary N) is 1. The van der Waals surface area contributed by atoms with Gasteiger partial charge in [-0.05, 0) is 18.2 Å². The fraction of sp³-hybridized carbons (Fsp3) is 0.214. The Morgan fingerprint density at radius 2 is 2.10 bits per heavy atom. The number of carbonyl (C=O) groups excluding carboxylic acids is 1. The van der Waals surface area contributed by atoms with Gasteiger partial charge in [0.25, 0.3) is 5.91 Å². The lowest BCUT2D eigenvalue weighted by molar-refractivity contribution is 0.0697. The SMILES string of the molecule is Cn1ccnc1CCNC(=O)c1cccc(C(=O)O)c1. The second-order valence-corrected chi connectivity index (χ2v) is 4.35. The molecule has 0 radical (unpaired) electrons. The van der Waals surface area contributed by atoms with Crippen LogP contribution < -0.4 is 5.32 Å². The summed E-state index contributed by atoms with van der Waals surface area (Å²) in [6, 6.07) is 5.95. The van der Waals surface area contributed by atoms with E-state index in [-0.39, 0.29) is 11.5 Å². The quantitative estimate of drug-likeness (QED) is 0.854. The van der Waals surface area contributed by atoms with Crippen LogP contribution in [0.25, 0.3) is 0 Å². The molecule has 0 spiro atoms. The average Bonchev–Trinajstić information content (AvgIpc) is 2.84. The number of carbonyl (C=O) groups is 2. The monoisotopic (exact) mass is 273 g/mol. The van der Waals surface area contributed by atoms with E-state index in [0.717, 1.165) is 5.82 Å². The first-order valence-electron chi connectivity index (χ1n) is 6.15. The van der Waals surface area contributed by atoms with Gasteiger partial charge in [0.15, 0.2) is 0 Å². The highest BCUT2D eigenvalue weighted by Gasteiger charge is 2.09. The summed E-state index contributed by atoms with van der Waals surface area (Å²) in [5, 5.41) is 11.6. The number of hydrogen-bond donors (Lipinski definition) is 2. The van der Waals surface area contributed by atoms with Crippen LogP contribution in [0.3, 0.4) is 0 Å². The second-order valence-electron chi connectivity index (χ2n) is 4.35. The van der Waals surface area contributed by atoms with E-state index in [1.807, 2.05) is 17.8 Å². The predicted octanol–water partition coefficient (Wildman–Crippen LogP) is 1.09. The summed E-state index contributed by atoms with van der Waals surface area (Å²) in [6.07, 6.45) is 4.16. The molecule has 0 bridgehead atoms. The summed E-state index contributed by atoms with van der Waals surface area (Å²) in [6.45, 7) is 0.445. The number of nitrogens with zero attached hydrogens (tertiary/aromatic N) is 2. The van der Waals surface area contributed by atoms with Crippen LogP contribution >= 0.6 is 0 Å². The first-order valence-corrected chi connectivity index (χ1v) is 6.15. The van der Waals surface area contributed by atoms with E-state index < -0.39 is 5.97 Å². The Labute approximate surface area is 116 Å². The van der Waals surface area contributed by atoms with Crippen molar-refractivity contribution in [3.63, 3.8) is 0 Å². The Hall–Kier alpha value is -2.63. The smallest absolute Gasteiger partial charge is 0.335 e. The summed E-state index contributed by atoms with van der Waals surface area (Å²) in [4.78, 5) is 26.9. The first-order chi connectivity index (χ1) is 9.58.